The summed E-state index contributed by atoms with van der Waals surface area (Å²) in [7, 11) is -2.73. The molecule has 5 nitrogen and oxygen atoms in total. The molecule has 248 valence electrons. The first kappa shape index (κ1) is 41.7. The minimum Gasteiger partial charge on any atom is -0.375 e. The molecule has 3 unspecified atom stereocenters. The van der Waals surface area contributed by atoms with Crippen LogP contribution >= 0.6 is 18.4 Å². The van der Waals surface area contributed by atoms with E-state index in [0.717, 1.165) is 38.5 Å². The van der Waals surface area contributed by atoms with Gasteiger partial charge in [-0.05, 0) is 17.4 Å². The number of unbranched alkanes of at least 4 members (excludes halogenated alkanes) is 24. The van der Waals surface area contributed by atoms with Crippen LogP contribution < -0.4 is 0 Å². The van der Waals surface area contributed by atoms with Gasteiger partial charge in [-0.2, -0.15) is 0 Å². The lowest BCUT2D eigenvalue weighted by molar-refractivity contribution is -0.150. The lowest BCUT2D eigenvalue weighted by Crippen LogP contribution is -2.49. The van der Waals surface area contributed by atoms with Crippen molar-refractivity contribution in [3.8, 4) is 0 Å². The van der Waals surface area contributed by atoms with Crippen molar-refractivity contribution in [1.29, 1.82) is 0 Å². The number of hydrogen-bond donors (Lipinski definition) is 2. The van der Waals surface area contributed by atoms with Crippen molar-refractivity contribution in [2.24, 2.45) is 0 Å². The molecule has 0 radical (unpaired) electrons. The fourth-order valence-electron chi connectivity index (χ4n) is 5.75. The van der Waals surface area contributed by atoms with Gasteiger partial charge in [0.2, 0.25) is 16.8 Å². The first-order chi connectivity index (χ1) is 20.3. The number of halogens is 1. The molecule has 42 heavy (non-hydrogen) atoms. The predicted molar refractivity (Wildman–Crippen MR) is 180 cm³/mol. The van der Waals surface area contributed by atoms with Gasteiger partial charge in [-0.25, -0.2) is 0 Å². The molecule has 0 spiro atoms. The van der Waals surface area contributed by atoms with E-state index in [2.05, 4.69) is 13.8 Å². The summed E-state index contributed by atoms with van der Waals surface area (Å²) in [5.41, 5.74) is -2.36. The smallest absolute Gasteiger partial charge is 0.375 e. The Balaban J connectivity index is 4.10. The Morgan fingerprint density at radius 3 is 1.17 bits per heavy atom. The second kappa shape index (κ2) is 29.4. The zero-order valence-corrected chi connectivity index (χ0v) is 29.2. The quantitative estimate of drug-likeness (QED) is 0.0554. The molecule has 0 aromatic carbocycles. The fraction of sp³-hybridized carbons (Fsp3) is 0.943. The van der Waals surface area contributed by atoms with Crippen molar-refractivity contribution >= 4 is 30.0 Å². The Bertz CT molecular complexity index is 674. The van der Waals surface area contributed by atoms with Crippen LogP contribution in [-0.2, 0) is 14.2 Å². The molecule has 7 heteroatoms. The molecule has 0 saturated heterocycles. The summed E-state index contributed by atoms with van der Waals surface area (Å²) >= 11 is 5.60. The normalized spacial score (nSPS) is 14.1. The summed E-state index contributed by atoms with van der Waals surface area (Å²) < 4.78 is 11.8. The highest BCUT2D eigenvalue weighted by Crippen LogP contribution is 2.41. The van der Waals surface area contributed by atoms with Gasteiger partial charge in [-0.15, -0.1) is 0 Å². The van der Waals surface area contributed by atoms with Gasteiger partial charge in [-0.1, -0.05) is 168 Å². The molecule has 0 amide bonds. The second-order valence-corrected chi connectivity index (χ2v) is 14.7. The lowest BCUT2D eigenvalue weighted by atomic mass is 9.88. The molecule has 0 rings (SSSR count). The molecule has 0 aromatic heterocycles. The van der Waals surface area contributed by atoms with Gasteiger partial charge in [0, 0.05) is 19.3 Å². The van der Waals surface area contributed by atoms with Gasteiger partial charge in [0.25, 0.3) is 0 Å². The molecule has 2 N–H and O–H groups in total. The number of aliphatic hydroxyl groups is 2. The standard InChI is InChI=1S/C35H67ClO5P/c1-3-5-7-9-11-13-15-17-19-21-23-25-27-29-32(37)31-35(40,34(39)42(36)41)33(38)30-28-26-24-22-20-18-16-14-12-10-8-6-4-2/h34,39-40H,3-31H2,1-2H3/q+1. The van der Waals surface area contributed by atoms with Crippen LogP contribution in [0, 0.1) is 0 Å². The minimum absolute atomic E-state index is 0.0530. The zero-order chi connectivity index (χ0) is 31.3. The summed E-state index contributed by atoms with van der Waals surface area (Å²) in [6, 6.07) is 0. The van der Waals surface area contributed by atoms with Crippen LogP contribution in [0.15, 0.2) is 0 Å². The number of hydrogen-bond acceptors (Lipinski definition) is 5. The van der Waals surface area contributed by atoms with Crippen LogP contribution in [0.3, 0.4) is 0 Å². The summed E-state index contributed by atoms with van der Waals surface area (Å²) in [5, 5.41) is 21.3. The molecule has 0 aliphatic rings. The molecule has 0 fully saturated rings. The number of carbonyl (C=O) groups is 2. The third kappa shape index (κ3) is 23.1. The van der Waals surface area contributed by atoms with Crippen molar-refractivity contribution in [2.75, 3.05) is 0 Å². The molecular formula is C35H67ClO5P+. The Hall–Kier alpha value is -0.350. The van der Waals surface area contributed by atoms with Crippen molar-refractivity contribution in [1.82, 2.24) is 0 Å². The van der Waals surface area contributed by atoms with E-state index in [1.54, 1.807) is 0 Å². The highest BCUT2D eigenvalue weighted by atomic mass is 35.7. The number of carbonyl (C=O) groups excluding carboxylic acids is 2. The maximum absolute atomic E-state index is 12.9. The highest BCUT2D eigenvalue weighted by molar-refractivity contribution is 7.74. The Labute approximate surface area is 265 Å². The van der Waals surface area contributed by atoms with Gasteiger partial charge < -0.3 is 10.2 Å². The number of rotatable bonds is 33. The van der Waals surface area contributed by atoms with Crippen molar-refractivity contribution in [3.63, 3.8) is 0 Å². The first-order valence-electron chi connectivity index (χ1n) is 17.9. The minimum atomic E-state index is -2.73. The lowest BCUT2D eigenvalue weighted by Gasteiger charge is -2.24. The average Bonchev–Trinajstić information content (AvgIpc) is 2.97. The number of aliphatic hydroxyl groups excluding tert-OH is 1. The van der Waals surface area contributed by atoms with Crippen molar-refractivity contribution in [3.05, 3.63) is 0 Å². The second-order valence-electron chi connectivity index (χ2n) is 12.7. The van der Waals surface area contributed by atoms with E-state index in [9.17, 15) is 24.4 Å². The predicted octanol–water partition coefficient (Wildman–Crippen LogP) is 11.5. The van der Waals surface area contributed by atoms with Gasteiger partial charge >= 0.3 is 13.0 Å². The molecule has 0 aliphatic carbocycles. The number of ketones is 2. The Morgan fingerprint density at radius 1 is 0.571 bits per heavy atom. The maximum atomic E-state index is 12.9. The first-order valence-corrected chi connectivity index (χ1v) is 20.1. The van der Waals surface area contributed by atoms with Crippen LogP contribution in [0.2, 0.25) is 0 Å². The molecule has 0 heterocycles. The monoisotopic (exact) mass is 633 g/mol. The van der Waals surface area contributed by atoms with E-state index in [-0.39, 0.29) is 18.6 Å². The Kier molecular flexibility index (Phi) is 29.1. The molecule has 0 aliphatic heterocycles. The highest BCUT2D eigenvalue weighted by Gasteiger charge is 2.54. The van der Waals surface area contributed by atoms with E-state index in [1.807, 2.05) is 0 Å². The van der Waals surface area contributed by atoms with Crippen LogP contribution in [0.5, 0.6) is 0 Å². The third-order valence-corrected chi connectivity index (χ3v) is 10.0. The summed E-state index contributed by atoms with van der Waals surface area (Å²) in [6.07, 6.45) is 30.8. The zero-order valence-electron chi connectivity index (χ0n) is 27.5. The topological polar surface area (TPSA) is 91.7 Å². The summed E-state index contributed by atoms with van der Waals surface area (Å²) in [4.78, 5) is 25.5. The van der Waals surface area contributed by atoms with Crippen molar-refractivity contribution in [2.45, 2.75) is 211 Å². The van der Waals surface area contributed by atoms with Crippen LogP contribution in [0.4, 0.5) is 0 Å². The van der Waals surface area contributed by atoms with Gasteiger partial charge in [0.15, 0.2) is 5.78 Å². The third-order valence-electron chi connectivity index (χ3n) is 8.64. The largest absolute Gasteiger partial charge is 0.490 e. The van der Waals surface area contributed by atoms with Crippen molar-refractivity contribution < 1.29 is 24.4 Å². The molecule has 0 bridgehead atoms. The summed E-state index contributed by atoms with van der Waals surface area (Å²) in [5.74, 6) is -2.84. The maximum Gasteiger partial charge on any atom is 0.490 e. The Morgan fingerprint density at radius 2 is 0.857 bits per heavy atom. The van der Waals surface area contributed by atoms with E-state index < -0.39 is 30.8 Å². The van der Waals surface area contributed by atoms with Crippen LogP contribution in [0.1, 0.15) is 200 Å². The van der Waals surface area contributed by atoms with Gasteiger partial charge in [-0.3, -0.25) is 9.59 Å². The molecular weight excluding hydrogens is 567 g/mol. The van der Waals surface area contributed by atoms with E-state index in [0.29, 0.717) is 12.8 Å². The SMILES string of the molecule is CCCCCCCCCCCCCCCC(=O)CC(O)(C(=O)CCCCCCCCCCCCCCC)C(O)[P+](=O)Cl. The van der Waals surface area contributed by atoms with E-state index in [4.69, 9.17) is 11.2 Å². The average molecular weight is 634 g/mol. The van der Waals surface area contributed by atoms with Crippen LogP contribution in [-0.4, -0.2) is 33.2 Å². The number of Topliss-reactive ketones (excluding diaryl/α,β-unsaturated/α-hetero) is 2. The van der Waals surface area contributed by atoms with Crippen LogP contribution in [0.25, 0.3) is 0 Å². The molecule has 0 aromatic rings. The van der Waals surface area contributed by atoms with E-state index >= 15 is 0 Å². The van der Waals surface area contributed by atoms with Gasteiger partial charge in [0.1, 0.15) is 5.78 Å². The molecule has 0 saturated carbocycles. The molecule has 3 atom stereocenters. The summed E-state index contributed by atoms with van der Waals surface area (Å²) in [6.45, 7) is 4.49. The fourth-order valence-corrected chi connectivity index (χ4v) is 6.81. The van der Waals surface area contributed by atoms with Gasteiger partial charge in [0.05, 0.1) is 0 Å². The van der Waals surface area contributed by atoms with E-state index in [1.165, 1.54) is 116 Å².